The molecule has 0 unspecified atom stereocenters. The Labute approximate surface area is 137 Å². The topological polar surface area (TPSA) is 117 Å². The molecule has 126 valence electrons. The first-order valence-corrected chi connectivity index (χ1v) is 7.54. The minimum Gasteiger partial charge on any atom is -0.481 e. The lowest BCUT2D eigenvalue weighted by molar-refractivity contribution is -0.138. The Morgan fingerprint density at radius 3 is 2.83 bits per heavy atom. The molecule has 1 fully saturated rings. The molecule has 8 heteroatoms. The van der Waals surface area contributed by atoms with Gasteiger partial charge < -0.3 is 19.6 Å². The number of likely N-dealkylation sites (tertiary alicyclic amines) is 1. The molecule has 0 aliphatic carbocycles. The Bertz CT molecular complexity index is 773. The second-order valence-electron chi connectivity index (χ2n) is 5.85. The van der Waals surface area contributed by atoms with Gasteiger partial charge in [0.05, 0.1) is 12.5 Å². The van der Waals surface area contributed by atoms with E-state index in [9.17, 15) is 14.7 Å². The van der Waals surface area contributed by atoms with Gasteiger partial charge in [0, 0.05) is 37.1 Å². The molecule has 2 heterocycles. The van der Waals surface area contributed by atoms with Crippen molar-refractivity contribution in [1.29, 1.82) is 0 Å². The number of carbonyl (C=O) groups excluding carboxylic acids is 1. The zero-order valence-electron chi connectivity index (χ0n) is 13.0. The molecule has 1 aromatic carbocycles. The Morgan fingerprint density at radius 2 is 2.17 bits per heavy atom. The third kappa shape index (κ3) is 3.28. The maximum atomic E-state index is 12.6. The Kier molecular flexibility index (Phi) is 4.30. The number of hydrogen-bond donors (Lipinski definition) is 2. The van der Waals surface area contributed by atoms with E-state index in [-0.39, 0.29) is 25.4 Å². The molecule has 0 radical (unpaired) electrons. The van der Waals surface area contributed by atoms with E-state index in [1.807, 2.05) is 0 Å². The summed E-state index contributed by atoms with van der Waals surface area (Å²) in [6.45, 7) is 2.03. The van der Waals surface area contributed by atoms with Gasteiger partial charge in [-0.2, -0.15) is 4.98 Å². The van der Waals surface area contributed by atoms with Crippen LogP contribution < -0.4 is 0 Å². The lowest BCUT2D eigenvalue weighted by atomic mass is 10.0. The smallest absolute Gasteiger partial charge is 0.303 e. The number of aromatic nitrogens is 2. The van der Waals surface area contributed by atoms with Gasteiger partial charge in [-0.1, -0.05) is 17.3 Å². The number of carboxylic acids is 1. The quantitative estimate of drug-likeness (QED) is 0.856. The third-order valence-corrected chi connectivity index (χ3v) is 4.03. The van der Waals surface area contributed by atoms with Crippen LogP contribution in [0.1, 0.15) is 22.7 Å². The van der Waals surface area contributed by atoms with Crippen molar-refractivity contribution in [1.82, 2.24) is 15.0 Å². The van der Waals surface area contributed by atoms with Gasteiger partial charge in [0.1, 0.15) is 0 Å². The van der Waals surface area contributed by atoms with E-state index in [4.69, 9.17) is 9.63 Å². The normalized spacial score (nSPS) is 20.3. The van der Waals surface area contributed by atoms with E-state index in [1.54, 1.807) is 31.2 Å². The number of β-amino-alcohol motifs (C(OH)–C–C–N with tert-alkyl or cyclic N) is 1. The van der Waals surface area contributed by atoms with Crippen LogP contribution in [0, 0.1) is 12.8 Å². The molecule has 0 spiro atoms. The van der Waals surface area contributed by atoms with Crippen molar-refractivity contribution in [3.05, 3.63) is 35.7 Å². The Balaban J connectivity index is 1.77. The van der Waals surface area contributed by atoms with Crippen molar-refractivity contribution in [2.24, 2.45) is 5.92 Å². The van der Waals surface area contributed by atoms with Gasteiger partial charge in [-0.05, 0) is 12.1 Å². The van der Waals surface area contributed by atoms with Crippen LogP contribution in [0.25, 0.3) is 11.4 Å². The zero-order chi connectivity index (χ0) is 17.3. The number of aliphatic hydroxyl groups excluding tert-OH is 1. The van der Waals surface area contributed by atoms with E-state index in [0.29, 0.717) is 22.8 Å². The summed E-state index contributed by atoms with van der Waals surface area (Å²) in [5, 5.41) is 22.6. The summed E-state index contributed by atoms with van der Waals surface area (Å²) >= 11 is 0. The molecule has 1 aliphatic heterocycles. The third-order valence-electron chi connectivity index (χ3n) is 4.03. The fourth-order valence-electron chi connectivity index (χ4n) is 2.84. The van der Waals surface area contributed by atoms with E-state index < -0.39 is 18.0 Å². The number of aliphatic carboxylic acids is 1. The minimum absolute atomic E-state index is 0.127. The number of benzene rings is 1. The summed E-state index contributed by atoms with van der Waals surface area (Å²) in [5.74, 6) is -0.866. The average molecular weight is 331 g/mol. The standard InChI is InChI=1S/C16H17N3O5/c1-9-17-15(18-24-9)10-3-2-4-11(5-10)16(23)19-7-12(6-14(21)22)13(20)8-19/h2-5,12-13,20H,6-8H2,1H3,(H,21,22)/t12-,13-/m1/s1. The largest absolute Gasteiger partial charge is 0.481 e. The number of nitrogens with zero attached hydrogens (tertiary/aromatic N) is 3. The van der Waals surface area contributed by atoms with Crippen LogP contribution >= 0.6 is 0 Å². The molecular formula is C16H17N3O5. The van der Waals surface area contributed by atoms with Crippen molar-refractivity contribution in [3.63, 3.8) is 0 Å². The summed E-state index contributed by atoms with van der Waals surface area (Å²) in [5.41, 5.74) is 1.08. The highest BCUT2D eigenvalue weighted by Gasteiger charge is 2.35. The number of carbonyl (C=O) groups is 2. The van der Waals surface area contributed by atoms with Crippen LogP contribution in [0.15, 0.2) is 28.8 Å². The van der Waals surface area contributed by atoms with Crippen molar-refractivity contribution in [3.8, 4) is 11.4 Å². The molecular weight excluding hydrogens is 314 g/mol. The highest BCUT2D eigenvalue weighted by molar-refractivity contribution is 5.95. The van der Waals surface area contributed by atoms with Crippen LogP contribution in [-0.4, -0.2) is 56.3 Å². The second-order valence-corrected chi connectivity index (χ2v) is 5.85. The molecule has 3 rings (SSSR count). The molecule has 24 heavy (non-hydrogen) atoms. The highest BCUT2D eigenvalue weighted by atomic mass is 16.5. The molecule has 2 aromatic rings. The van der Waals surface area contributed by atoms with Gasteiger partial charge in [-0.25, -0.2) is 0 Å². The first-order valence-electron chi connectivity index (χ1n) is 7.54. The SMILES string of the molecule is Cc1nc(-c2cccc(C(=O)N3C[C@@H](CC(=O)O)[C@H](O)C3)c2)no1. The lowest BCUT2D eigenvalue weighted by Crippen LogP contribution is -2.29. The lowest BCUT2D eigenvalue weighted by Gasteiger charge is -2.16. The van der Waals surface area contributed by atoms with E-state index >= 15 is 0 Å². The number of aryl methyl sites for hydroxylation is 1. The molecule has 8 nitrogen and oxygen atoms in total. The van der Waals surface area contributed by atoms with Crippen LogP contribution in [0.3, 0.4) is 0 Å². The van der Waals surface area contributed by atoms with E-state index in [2.05, 4.69) is 10.1 Å². The molecule has 0 saturated carbocycles. The van der Waals surface area contributed by atoms with Gasteiger partial charge in [0.2, 0.25) is 11.7 Å². The van der Waals surface area contributed by atoms with Crippen molar-refractivity contribution in [2.75, 3.05) is 13.1 Å². The summed E-state index contributed by atoms with van der Waals surface area (Å²) < 4.78 is 4.94. The fourth-order valence-corrected chi connectivity index (χ4v) is 2.84. The summed E-state index contributed by atoms with van der Waals surface area (Å²) in [6, 6.07) is 6.81. The molecule has 2 atom stereocenters. The maximum absolute atomic E-state index is 12.6. The second kappa shape index (κ2) is 6.40. The predicted octanol–water partition coefficient (Wildman–Crippen LogP) is 0.953. The Hall–Kier alpha value is -2.74. The van der Waals surface area contributed by atoms with Crippen molar-refractivity contribution in [2.45, 2.75) is 19.4 Å². The number of aliphatic hydroxyl groups is 1. The first-order chi connectivity index (χ1) is 11.4. The van der Waals surface area contributed by atoms with E-state index in [1.165, 1.54) is 4.90 Å². The summed E-state index contributed by atoms with van der Waals surface area (Å²) in [7, 11) is 0. The number of carboxylic acid groups (broad SMARTS) is 1. The van der Waals surface area contributed by atoms with Crippen molar-refractivity contribution >= 4 is 11.9 Å². The van der Waals surface area contributed by atoms with E-state index in [0.717, 1.165) is 0 Å². The molecule has 0 bridgehead atoms. The molecule has 1 aromatic heterocycles. The molecule has 1 saturated heterocycles. The van der Waals surface area contributed by atoms with Crippen molar-refractivity contribution < 1.29 is 24.3 Å². The van der Waals surface area contributed by atoms with Gasteiger partial charge in [-0.3, -0.25) is 9.59 Å². The van der Waals surface area contributed by atoms with Crippen LogP contribution in [0.2, 0.25) is 0 Å². The number of amides is 1. The number of rotatable bonds is 4. The average Bonchev–Trinajstić information content (AvgIpc) is 3.13. The van der Waals surface area contributed by atoms with Gasteiger partial charge in [0.25, 0.3) is 5.91 Å². The minimum atomic E-state index is -0.983. The number of hydrogen-bond acceptors (Lipinski definition) is 6. The first kappa shape index (κ1) is 16.1. The van der Waals surface area contributed by atoms with Crippen LogP contribution in [-0.2, 0) is 4.79 Å². The van der Waals surface area contributed by atoms with Crippen LogP contribution in [0.5, 0.6) is 0 Å². The fraction of sp³-hybridized carbons (Fsp3) is 0.375. The summed E-state index contributed by atoms with van der Waals surface area (Å²) in [4.78, 5) is 29.0. The van der Waals surface area contributed by atoms with Crippen LogP contribution in [0.4, 0.5) is 0 Å². The predicted molar refractivity (Wildman–Crippen MR) is 82.1 cm³/mol. The van der Waals surface area contributed by atoms with Gasteiger partial charge in [-0.15, -0.1) is 0 Å². The molecule has 1 amide bonds. The van der Waals surface area contributed by atoms with Gasteiger partial charge >= 0.3 is 5.97 Å². The molecule has 1 aliphatic rings. The maximum Gasteiger partial charge on any atom is 0.303 e. The Morgan fingerprint density at radius 1 is 1.38 bits per heavy atom. The van der Waals surface area contributed by atoms with Gasteiger partial charge in [0.15, 0.2) is 0 Å². The molecule has 2 N–H and O–H groups in total. The highest BCUT2D eigenvalue weighted by Crippen LogP contribution is 2.24. The zero-order valence-corrected chi connectivity index (χ0v) is 13.0. The monoisotopic (exact) mass is 331 g/mol. The summed E-state index contributed by atoms with van der Waals surface area (Å²) in [6.07, 6.45) is -0.985.